The van der Waals surface area contributed by atoms with Crippen LogP contribution in [0.5, 0.6) is 5.75 Å². The molecule has 0 aliphatic heterocycles. The first-order valence-corrected chi connectivity index (χ1v) is 6.79. The third-order valence-electron chi connectivity index (χ3n) is 3.02. The monoisotopic (exact) mass is 277 g/mol. The van der Waals surface area contributed by atoms with Crippen LogP contribution in [0.25, 0.3) is 0 Å². The van der Waals surface area contributed by atoms with E-state index >= 15 is 0 Å². The number of methoxy groups -OCH3 is 1. The van der Waals surface area contributed by atoms with Crippen LogP contribution in [0.4, 0.5) is 4.39 Å². The summed E-state index contributed by atoms with van der Waals surface area (Å²) in [6, 6.07) is 7.09. The average molecular weight is 277 g/mol. The van der Waals surface area contributed by atoms with E-state index in [1.807, 2.05) is 12.3 Å². The molecule has 0 fully saturated rings. The number of hydrogen-bond acceptors (Lipinski definition) is 3. The maximum Gasteiger partial charge on any atom is 0.170 e. The molecule has 2 aromatic rings. The molecule has 20 heavy (non-hydrogen) atoms. The summed E-state index contributed by atoms with van der Waals surface area (Å²) in [5, 5.41) is 7.71. The summed E-state index contributed by atoms with van der Waals surface area (Å²) in [4.78, 5) is 0. The Labute approximate surface area is 118 Å². The topological polar surface area (TPSA) is 39.1 Å². The van der Waals surface area contributed by atoms with Gasteiger partial charge in [0.25, 0.3) is 0 Å². The Balaban J connectivity index is 2.03. The molecule has 2 rings (SSSR count). The Kier molecular flexibility index (Phi) is 5.12. The Bertz CT molecular complexity index is 554. The van der Waals surface area contributed by atoms with Crippen molar-refractivity contribution in [1.29, 1.82) is 0 Å². The molecular weight excluding hydrogens is 257 g/mol. The average Bonchev–Trinajstić information content (AvgIpc) is 2.89. The van der Waals surface area contributed by atoms with Crippen LogP contribution in [-0.2, 0) is 13.1 Å². The molecule has 0 saturated heterocycles. The number of benzene rings is 1. The minimum absolute atomic E-state index is 0.263. The van der Waals surface area contributed by atoms with Gasteiger partial charge in [-0.05, 0) is 25.1 Å². The zero-order chi connectivity index (χ0) is 14.4. The highest BCUT2D eigenvalue weighted by atomic mass is 19.1. The number of aromatic nitrogens is 2. The molecule has 0 atom stereocenters. The Morgan fingerprint density at radius 1 is 1.35 bits per heavy atom. The van der Waals surface area contributed by atoms with E-state index in [9.17, 15) is 4.39 Å². The van der Waals surface area contributed by atoms with Crippen LogP contribution < -0.4 is 10.1 Å². The highest BCUT2D eigenvalue weighted by molar-refractivity contribution is 5.31. The molecule has 0 bridgehead atoms. The Morgan fingerprint density at radius 3 is 2.95 bits per heavy atom. The SMILES string of the molecule is CCCNCc1ccn(Cc2cccc(OC)c2F)n1. The molecule has 0 spiro atoms. The molecule has 5 heteroatoms. The van der Waals surface area contributed by atoms with Gasteiger partial charge < -0.3 is 10.1 Å². The summed E-state index contributed by atoms with van der Waals surface area (Å²) < 4.78 is 20.8. The van der Waals surface area contributed by atoms with Crippen LogP contribution >= 0.6 is 0 Å². The van der Waals surface area contributed by atoms with Gasteiger partial charge in [0.05, 0.1) is 19.3 Å². The smallest absolute Gasteiger partial charge is 0.170 e. The summed E-state index contributed by atoms with van der Waals surface area (Å²) in [5.74, 6) is -0.0596. The van der Waals surface area contributed by atoms with Gasteiger partial charge in [-0.2, -0.15) is 5.10 Å². The number of nitrogens with zero attached hydrogens (tertiary/aromatic N) is 2. The van der Waals surface area contributed by atoms with Crippen molar-refractivity contribution in [3.05, 3.63) is 47.5 Å². The molecule has 0 saturated carbocycles. The van der Waals surface area contributed by atoms with Gasteiger partial charge in [-0.15, -0.1) is 0 Å². The van der Waals surface area contributed by atoms with E-state index < -0.39 is 0 Å². The molecular formula is C15H20FN3O. The van der Waals surface area contributed by atoms with Crippen molar-refractivity contribution in [3.8, 4) is 5.75 Å². The van der Waals surface area contributed by atoms with E-state index in [2.05, 4.69) is 17.3 Å². The van der Waals surface area contributed by atoms with Gasteiger partial charge in [0.2, 0.25) is 0 Å². The summed E-state index contributed by atoms with van der Waals surface area (Å²) >= 11 is 0. The molecule has 0 radical (unpaired) electrons. The van der Waals surface area contributed by atoms with Crippen LogP contribution in [0.1, 0.15) is 24.6 Å². The molecule has 4 nitrogen and oxygen atoms in total. The van der Waals surface area contributed by atoms with Crippen molar-refractivity contribution in [3.63, 3.8) is 0 Å². The fraction of sp³-hybridized carbons (Fsp3) is 0.400. The number of ether oxygens (including phenoxy) is 1. The zero-order valence-corrected chi connectivity index (χ0v) is 11.9. The summed E-state index contributed by atoms with van der Waals surface area (Å²) in [6.45, 7) is 4.23. The molecule has 1 N–H and O–H groups in total. The van der Waals surface area contributed by atoms with Gasteiger partial charge in [-0.25, -0.2) is 4.39 Å². The maximum absolute atomic E-state index is 14.0. The lowest BCUT2D eigenvalue weighted by atomic mass is 10.2. The van der Waals surface area contributed by atoms with Crippen LogP contribution in [0.15, 0.2) is 30.5 Å². The van der Waals surface area contributed by atoms with Gasteiger partial charge in [0, 0.05) is 18.3 Å². The van der Waals surface area contributed by atoms with Crippen LogP contribution in [0.3, 0.4) is 0 Å². The van der Waals surface area contributed by atoms with Gasteiger partial charge in [-0.1, -0.05) is 19.1 Å². The van der Waals surface area contributed by atoms with Crippen molar-refractivity contribution in [2.24, 2.45) is 0 Å². The summed E-state index contributed by atoms with van der Waals surface area (Å²) in [5.41, 5.74) is 1.53. The van der Waals surface area contributed by atoms with E-state index in [4.69, 9.17) is 4.74 Å². The van der Waals surface area contributed by atoms with E-state index in [-0.39, 0.29) is 11.6 Å². The Morgan fingerprint density at radius 2 is 2.20 bits per heavy atom. The highest BCUT2D eigenvalue weighted by Crippen LogP contribution is 2.20. The molecule has 1 heterocycles. The second kappa shape index (κ2) is 7.05. The predicted octanol–water partition coefficient (Wildman–Crippen LogP) is 2.58. The minimum atomic E-state index is -0.323. The number of halogens is 1. The van der Waals surface area contributed by atoms with Crippen molar-refractivity contribution in [1.82, 2.24) is 15.1 Å². The summed E-state index contributed by atoms with van der Waals surface area (Å²) in [7, 11) is 1.47. The van der Waals surface area contributed by atoms with Crippen molar-refractivity contribution in [2.75, 3.05) is 13.7 Å². The van der Waals surface area contributed by atoms with E-state index in [0.29, 0.717) is 12.1 Å². The first-order valence-electron chi connectivity index (χ1n) is 6.79. The molecule has 0 amide bonds. The van der Waals surface area contributed by atoms with Gasteiger partial charge in [-0.3, -0.25) is 4.68 Å². The molecule has 1 aromatic carbocycles. The highest BCUT2D eigenvalue weighted by Gasteiger charge is 2.09. The molecule has 1 aromatic heterocycles. The van der Waals surface area contributed by atoms with E-state index in [1.54, 1.807) is 22.9 Å². The normalized spacial score (nSPS) is 10.8. The lowest BCUT2D eigenvalue weighted by molar-refractivity contribution is 0.383. The summed E-state index contributed by atoms with van der Waals surface area (Å²) in [6.07, 6.45) is 2.96. The van der Waals surface area contributed by atoms with Gasteiger partial charge in [0.1, 0.15) is 0 Å². The van der Waals surface area contributed by atoms with Crippen molar-refractivity contribution in [2.45, 2.75) is 26.4 Å². The van der Waals surface area contributed by atoms with Crippen LogP contribution in [0, 0.1) is 5.82 Å². The lowest BCUT2D eigenvalue weighted by Crippen LogP contribution is -2.14. The third kappa shape index (κ3) is 3.57. The van der Waals surface area contributed by atoms with E-state index in [1.165, 1.54) is 7.11 Å². The number of nitrogens with one attached hydrogen (secondary N) is 1. The third-order valence-corrected chi connectivity index (χ3v) is 3.02. The molecule has 0 aliphatic carbocycles. The standard InChI is InChI=1S/C15H20FN3O/c1-3-8-17-10-13-7-9-19(18-13)11-12-5-4-6-14(20-2)15(12)16/h4-7,9,17H,3,8,10-11H2,1-2H3. The molecule has 0 aliphatic rings. The van der Waals surface area contributed by atoms with E-state index in [0.717, 1.165) is 25.2 Å². The first-order chi connectivity index (χ1) is 9.74. The quantitative estimate of drug-likeness (QED) is 0.791. The second-order valence-corrected chi connectivity index (χ2v) is 4.61. The molecule has 0 unspecified atom stereocenters. The van der Waals surface area contributed by atoms with Gasteiger partial charge >= 0.3 is 0 Å². The van der Waals surface area contributed by atoms with Crippen LogP contribution in [-0.4, -0.2) is 23.4 Å². The lowest BCUT2D eigenvalue weighted by Gasteiger charge is -2.07. The predicted molar refractivity (Wildman–Crippen MR) is 76.3 cm³/mol. The largest absolute Gasteiger partial charge is 0.494 e. The second-order valence-electron chi connectivity index (χ2n) is 4.61. The van der Waals surface area contributed by atoms with Gasteiger partial charge in [0.15, 0.2) is 11.6 Å². The fourth-order valence-corrected chi connectivity index (χ4v) is 1.99. The maximum atomic E-state index is 14.0. The minimum Gasteiger partial charge on any atom is -0.494 e. The van der Waals surface area contributed by atoms with Crippen LogP contribution in [0.2, 0.25) is 0 Å². The van der Waals surface area contributed by atoms with Crippen molar-refractivity contribution < 1.29 is 9.13 Å². The van der Waals surface area contributed by atoms with Crippen molar-refractivity contribution >= 4 is 0 Å². The number of rotatable bonds is 7. The Hall–Kier alpha value is -1.88. The first kappa shape index (κ1) is 14.5. The zero-order valence-electron chi connectivity index (χ0n) is 11.9. The molecule has 108 valence electrons. The number of hydrogen-bond donors (Lipinski definition) is 1. The fourth-order valence-electron chi connectivity index (χ4n) is 1.99.